The summed E-state index contributed by atoms with van der Waals surface area (Å²) in [5.41, 5.74) is 5.91. The van der Waals surface area contributed by atoms with Gasteiger partial charge in [0.15, 0.2) is 0 Å². The summed E-state index contributed by atoms with van der Waals surface area (Å²) in [6, 6.07) is 3.26. The molecule has 1 aromatic rings. The topological polar surface area (TPSA) is 68.3 Å². The summed E-state index contributed by atoms with van der Waals surface area (Å²) in [5.74, 6) is -0.0328. The monoisotopic (exact) mass is 249 g/mol. The minimum absolute atomic E-state index is 0.0328. The van der Waals surface area contributed by atoms with E-state index in [1.165, 1.54) is 29.7 Å². The number of nitrogen functional groups attached to an aromatic ring is 1. The first-order valence-electron chi connectivity index (χ1n) is 6.29. The van der Waals surface area contributed by atoms with E-state index in [1.807, 2.05) is 7.05 Å². The number of hydrogen-bond acceptors (Lipinski definition) is 3. The molecule has 0 unspecified atom stereocenters. The molecular formula is C13H19N3O2. The molecule has 0 aliphatic heterocycles. The molecule has 1 saturated carbocycles. The molecule has 0 spiro atoms. The quantitative estimate of drug-likeness (QED) is 0.862. The molecule has 0 atom stereocenters. The minimum Gasteiger partial charge on any atom is -0.398 e. The summed E-state index contributed by atoms with van der Waals surface area (Å²) in [5, 5.41) is 0. The van der Waals surface area contributed by atoms with Crippen LogP contribution in [0.4, 0.5) is 5.69 Å². The average Bonchev–Trinajstić information content (AvgIpc) is 2.86. The molecule has 1 aliphatic rings. The van der Waals surface area contributed by atoms with E-state index in [9.17, 15) is 9.59 Å². The lowest BCUT2D eigenvalue weighted by Crippen LogP contribution is -2.39. The maximum atomic E-state index is 12.1. The summed E-state index contributed by atoms with van der Waals surface area (Å²) in [7, 11) is 1.82. The fourth-order valence-corrected chi connectivity index (χ4v) is 2.43. The van der Waals surface area contributed by atoms with E-state index in [0.717, 1.165) is 12.8 Å². The molecule has 2 N–H and O–H groups in total. The Hall–Kier alpha value is -1.78. The molecule has 1 aromatic heterocycles. The van der Waals surface area contributed by atoms with Crippen molar-refractivity contribution in [1.29, 1.82) is 0 Å². The van der Waals surface area contributed by atoms with E-state index >= 15 is 0 Å². The van der Waals surface area contributed by atoms with Crippen molar-refractivity contribution in [3.8, 4) is 0 Å². The predicted molar refractivity (Wildman–Crippen MR) is 70.1 cm³/mol. The van der Waals surface area contributed by atoms with E-state index in [0.29, 0.717) is 11.7 Å². The third-order valence-electron chi connectivity index (χ3n) is 3.58. The van der Waals surface area contributed by atoms with Gasteiger partial charge in [0.25, 0.3) is 5.56 Å². The Bertz CT molecular complexity index is 489. The van der Waals surface area contributed by atoms with Gasteiger partial charge in [0, 0.05) is 31.0 Å². The van der Waals surface area contributed by atoms with Crippen LogP contribution >= 0.6 is 0 Å². The molecular weight excluding hydrogens is 230 g/mol. The highest BCUT2D eigenvalue weighted by Crippen LogP contribution is 2.22. The minimum atomic E-state index is -0.197. The van der Waals surface area contributed by atoms with E-state index < -0.39 is 0 Å². The number of pyridine rings is 1. The molecule has 0 radical (unpaired) electrons. The van der Waals surface area contributed by atoms with Crippen molar-refractivity contribution >= 4 is 11.6 Å². The van der Waals surface area contributed by atoms with E-state index in [-0.39, 0.29) is 18.0 Å². The van der Waals surface area contributed by atoms with Gasteiger partial charge in [0.2, 0.25) is 5.91 Å². The van der Waals surface area contributed by atoms with Gasteiger partial charge in [0.1, 0.15) is 6.54 Å². The van der Waals surface area contributed by atoms with Gasteiger partial charge in [-0.05, 0) is 18.9 Å². The highest BCUT2D eigenvalue weighted by molar-refractivity contribution is 5.76. The van der Waals surface area contributed by atoms with Crippen LogP contribution in [0.5, 0.6) is 0 Å². The number of carbonyl (C=O) groups excluding carboxylic acids is 1. The van der Waals surface area contributed by atoms with Crippen molar-refractivity contribution in [2.75, 3.05) is 12.8 Å². The fraction of sp³-hybridized carbons (Fsp3) is 0.538. The Balaban J connectivity index is 2.06. The Morgan fingerprint density at radius 2 is 2.11 bits per heavy atom. The van der Waals surface area contributed by atoms with Crippen molar-refractivity contribution in [2.24, 2.45) is 0 Å². The summed E-state index contributed by atoms with van der Waals surface area (Å²) in [4.78, 5) is 25.4. The summed E-state index contributed by atoms with van der Waals surface area (Å²) < 4.78 is 1.36. The highest BCUT2D eigenvalue weighted by Gasteiger charge is 2.23. The largest absolute Gasteiger partial charge is 0.398 e. The summed E-state index contributed by atoms with van der Waals surface area (Å²) in [6.07, 6.45) is 6.01. The standard InChI is InChI=1S/C13H19N3O2/c1-15(11-4-2-3-5-11)13(18)9-16-8-10(14)6-7-12(16)17/h6-8,11H,2-5,9,14H2,1H3. The number of nitrogens with two attached hydrogens (primary N) is 1. The smallest absolute Gasteiger partial charge is 0.251 e. The van der Waals surface area contributed by atoms with Gasteiger partial charge in [-0.1, -0.05) is 12.8 Å². The van der Waals surface area contributed by atoms with Crippen molar-refractivity contribution in [3.63, 3.8) is 0 Å². The summed E-state index contributed by atoms with van der Waals surface area (Å²) in [6.45, 7) is 0.0663. The van der Waals surface area contributed by atoms with Crippen LogP contribution in [0.2, 0.25) is 0 Å². The third-order valence-corrected chi connectivity index (χ3v) is 3.58. The van der Waals surface area contributed by atoms with Crippen LogP contribution < -0.4 is 11.3 Å². The highest BCUT2D eigenvalue weighted by atomic mass is 16.2. The number of carbonyl (C=O) groups is 1. The zero-order chi connectivity index (χ0) is 13.1. The zero-order valence-corrected chi connectivity index (χ0v) is 10.6. The Morgan fingerprint density at radius 1 is 1.44 bits per heavy atom. The molecule has 1 amide bonds. The molecule has 0 bridgehead atoms. The van der Waals surface area contributed by atoms with Crippen LogP contribution in [0.25, 0.3) is 0 Å². The molecule has 5 nitrogen and oxygen atoms in total. The second-order valence-electron chi connectivity index (χ2n) is 4.87. The number of aromatic nitrogens is 1. The number of likely N-dealkylation sites (N-methyl/N-ethyl adjacent to an activating group) is 1. The van der Waals surface area contributed by atoms with Crippen LogP contribution in [0.15, 0.2) is 23.1 Å². The van der Waals surface area contributed by atoms with Gasteiger partial charge in [-0.15, -0.1) is 0 Å². The van der Waals surface area contributed by atoms with Gasteiger partial charge in [-0.25, -0.2) is 0 Å². The molecule has 1 fully saturated rings. The zero-order valence-electron chi connectivity index (χ0n) is 10.6. The number of hydrogen-bond donors (Lipinski definition) is 1. The number of rotatable bonds is 3. The van der Waals surface area contributed by atoms with Crippen molar-refractivity contribution < 1.29 is 4.79 Å². The van der Waals surface area contributed by atoms with Crippen LogP contribution in [0.3, 0.4) is 0 Å². The van der Waals surface area contributed by atoms with Gasteiger partial charge in [-0.3, -0.25) is 9.59 Å². The van der Waals surface area contributed by atoms with Crippen LogP contribution in [-0.4, -0.2) is 28.5 Å². The van der Waals surface area contributed by atoms with Crippen LogP contribution in [0.1, 0.15) is 25.7 Å². The second kappa shape index (κ2) is 5.25. The Labute approximate surface area is 106 Å². The maximum Gasteiger partial charge on any atom is 0.251 e. The average molecular weight is 249 g/mol. The van der Waals surface area contributed by atoms with E-state index in [2.05, 4.69) is 0 Å². The first kappa shape index (κ1) is 12.7. The first-order valence-corrected chi connectivity index (χ1v) is 6.29. The Kier molecular flexibility index (Phi) is 3.69. The lowest BCUT2D eigenvalue weighted by Gasteiger charge is -2.24. The molecule has 2 rings (SSSR count). The lowest BCUT2D eigenvalue weighted by molar-refractivity contribution is -0.132. The number of anilines is 1. The van der Waals surface area contributed by atoms with Gasteiger partial charge in [0.05, 0.1) is 0 Å². The SMILES string of the molecule is CN(C(=O)Cn1cc(N)ccc1=O)C1CCCC1. The van der Waals surface area contributed by atoms with E-state index in [4.69, 9.17) is 5.73 Å². The first-order chi connectivity index (χ1) is 8.58. The fourth-order valence-electron chi connectivity index (χ4n) is 2.43. The van der Waals surface area contributed by atoms with Crippen LogP contribution in [0, 0.1) is 0 Å². The van der Waals surface area contributed by atoms with Crippen molar-refractivity contribution in [3.05, 3.63) is 28.7 Å². The van der Waals surface area contributed by atoms with Gasteiger partial charge in [-0.2, -0.15) is 0 Å². The van der Waals surface area contributed by atoms with Crippen molar-refractivity contribution in [2.45, 2.75) is 38.3 Å². The lowest BCUT2D eigenvalue weighted by atomic mass is 10.2. The second-order valence-corrected chi connectivity index (χ2v) is 4.87. The van der Waals surface area contributed by atoms with Gasteiger partial charge < -0.3 is 15.2 Å². The number of nitrogens with zero attached hydrogens (tertiary/aromatic N) is 2. The van der Waals surface area contributed by atoms with Crippen molar-refractivity contribution in [1.82, 2.24) is 9.47 Å². The molecule has 98 valence electrons. The Morgan fingerprint density at radius 3 is 2.78 bits per heavy atom. The molecule has 0 aromatic carbocycles. The van der Waals surface area contributed by atoms with Crippen LogP contribution in [-0.2, 0) is 11.3 Å². The molecule has 5 heteroatoms. The van der Waals surface area contributed by atoms with E-state index in [1.54, 1.807) is 11.0 Å². The third kappa shape index (κ3) is 2.72. The summed E-state index contributed by atoms with van der Waals surface area (Å²) >= 11 is 0. The molecule has 1 aliphatic carbocycles. The maximum absolute atomic E-state index is 12.1. The molecule has 0 saturated heterocycles. The molecule has 18 heavy (non-hydrogen) atoms. The number of amides is 1. The normalized spacial score (nSPS) is 15.8. The predicted octanol–water partition coefficient (Wildman–Crippen LogP) is 0.831. The molecule has 1 heterocycles. The van der Waals surface area contributed by atoms with Gasteiger partial charge >= 0.3 is 0 Å².